The minimum atomic E-state index is -5.74. The Hall–Kier alpha value is -0.460. The van der Waals surface area contributed by atoms with Gasteiger partial charge in [0.2, 0.25) is 0 Å². The summed E-state index contributed by atoms with van der Waals surface area (Å²) >= 11 is 0. The lowest BCUT2D eigenvalue weighted by Gasteiger charge is -2.26. The van der Waals surface area contributed by atoms with Gasteiger partial charge in [0.05, 0.1) is 0 Å². The molecule has 68 valence electrons. The molecule has 0 aromatic carbocycles. The van der Waals surface area contributed by atoms with Crippen molar-refractivity contribution >= 4 is 0 Å². The lowest BCUT2D eigenvalue weighted by Crippen LogP contribution is -2.52. The van der Waals surface area contributed by atoms with E-state index < -0.39 is 24.9 Å². The first-order valence-electron chi connectivity index (χ1n) is 2.36. The maximum absolute atomic E-state index is 11.7. The summed E-state index contributed by atoms with van der Waals surface area (Å²) in [5.41, 5.74) is 0. The van der Waals surface area contributed by atoms with E-state index in [0.29, 0.717) is 0 Å². The smallest absolute Gasteiger partial charge is 0.331 e. The van der Waals surface area contributed by atoms with Crippen molar-refractivity contribution in [2.75, 3.05) is 0 Å². The van der Waals surface area contributed by atoms with Crippen LogP contribution in [0, 0.1) is 0 Å². The molecule has 0 unspecified atom stereocenters. The van der Waals surface area contributed by atoms with Gasteiger partial charge in [-0.3, -0.25) is 0 Å². The fourth-order valence-electron chi connectivity index (χ4n) is 0.264. The normalized spacial score (nSPS) is 15.3. The molecular weight excluding hydrogens is 178 g/mol. The Bertz CT molecular complexity index is 126. The molecule has 1 N–H and O–H groups in total. The molecule has 0 aromatic heterocycles. The van der Waals surface area contributed by atoms with Crippen LogP contribution < -0.4 is 0 Å². The summed E-state index contributed by atoms with van der Waals surface area (Å²) in [6, 6.07) is 0. The quantitative estimate of drug-likeness (QED) is 0.646. The molecule has 0 rings (SSSR count). The summed E-state index contributed by atoms with van der Waals surface area (Å²) in [5, 5.41) is 7.32. The van der Waals surface area contributed by atoms with Crippen molar-refractivity contribution in [1.29, 1.82) is 0 Å². The summed E-state index contributed by atoms with van der Waals surface area (Å²) in [7, 11) is 0. The first kappa shape index (κ1) is 10.5. The molecule has 0 fully saturated rings. The fraction of sp³-hybridized carbons (Fsp3) is 1.00. The molecule has 0 heterocycles. The lowest BCUT2D eigenvalue weighted by molar-refractivity contribution is -0.379. The number of hydrogen-bond acceptors (Lipinski definition) is 1. The van der Waals surface area contributed by atoms with Gasteiger partial charge in [0, 0.05) is 6.92 Å². The highest BCUT2D eigenvalue weighted by Crippen LogP contribution is 2.43. The summed E-state index contributed by atoms with van der Waals surface area (Å²) in [6.07, 6.45) is -5.70. The molecular formula is C4H4F6O. The molecule has 0 aliphatic heterocycles. The van der Waals surface area contributed by atoms with Crippen LogP contribution in [-0.2, 0) is 0 Å². The van der Waals surface area contributed by atoms with E-state index in [0.717, 1.165) is 0 Å². The summed E-state index contributed by atoms with van der Waals surface area (Å²) in [6.45, 7) is -0.406. The van der Waals surface area contributed by atoms with E-state index in [2.05, 4.69) is 0 Å². The second-order valence-electron chi connectivity index (χ2n) is 2.00. The third kappa shape index (κ3) is 1.76. The van der Waals surface area contributed by atoms with Crippen molar-refractivity contribution in [3.63, 3.8) is 0 Å². The number of rotatable bonds is 2. The van der Waals surface area contributed by atoms with Crippen LogP contribution in [0.3, 0.4) is 0 Å². The van der Waals surface area contributed by atoms with Gasteiger partial charge in [-0.2, -0.15) is 26.3 Å². The van der Waals surface area contributed by atoms with E-state index >= 15 is 0 Å². The zero-order valence-electron chi connectivity index (χ0n) is 5.22. The Balaban J connectivity index is 4.75. The average molecular weight is 182 g/mol. The third-order valence-electron chi connectivity index (χ3n) is 0.929. The minimum Gasteiger partial charge on any atom is -0.331 e. The van der Waals surface area contributed by atoms with Gasteiger partial charge in [0.15, 0.2) is 0 Å². The molecule has 0 aromatic rings. The number of hydrogen-bond donors (Lipinski definition) is 1. The van der Waals surface area contributed by atoms with E-state index in [-0.39, 0.29) is 0 Å². The van der Waals surface area contributed by atoms with Crippen molar-refractivity contribution in [3.8, 4) is 0 Å². The summed E-state index contributed by atoms with van der Waals surface area (Å²) < 4.78 is 69.2. The van der Waals surface area contributed by atoms with Gasteiger partial charge in [0.1, 0.15) is 0 Å². The number of halogens is 6. The predicted molar refractivity (Wildman–Crippen MR) is 22.7 cm³/mol. The lowest BCUT2D eigenvalue weighted by atomic mass is 10.2. The summed E-state index contributed by atoms with van der Waals surface area (Å²) in [5.74, 6) is -10.7. The zero-order chi connectivity index (χ0) is 9.50. The predicted octanol–water partition coefficient (Wildman–Crippen LogP) is 1.86. The molecule has 0 aliphatic rings. The molecule has 0 radical (unpaired) electrons. The standard InChI is InChI=1S/C4H4F6O/c1-2(5,6)3(7,8)4(9,10)11/h11H,1H3. The minimum absolute atomic E-state index is 0.406. The van der Waals surface area contributed by atoms with Gasteiger partial charge in [-0.05, 0) is 0 Å². The Morgan fingerprint density at radius 2 is 1.18 bits per heavy atom. The van der Waals surface area contributed by atoms with Crippen molar-refractivity contribution < 1.29 is 31.4 Å². The van der Waals surface area contributed by atoms with E-state index in [1.807, 2.05) is 0 Å². The van der Waals surface area contributed by atoms with Gasteiger partial charge < -0.3 is 5.11 Å². The second-order valence-corrected chi connectivity index (χ2v) is 2.00. The molecule has 7 heteroatoms. The maximum Gasteiger partial charge on any atom is 0.423 e. The van der Waals surface area contributed by atoms with E-state index in [1.54, 1.807) is 0 Å². The van der Waals surface area contributed by atoms with Crippen molar-refractivity contribution in [2.45, 2.75) is 24.9 Å². The number of aliphatic hydroxyl groups is 1. The third-order valence-corrected chi connectivity index (χ3v) is 0.929. The molecule has 0 saturated carbocycles. The molecule has 0 atom stereocenters. The van der Waals surface area contributed by atoms with Crippen LogP contribution in [-0.4, -0.2) is 23.1 Å². The van der Waals surface area contributed by atoms with Crippen LogP contribution in [0.1, 0.15) is 6.92 Å². The topological polar surface area (TPSA) is 20.2 Å². The fourth-order valence-corrected chi connectivity index (χ4v) is 0.264. The Morgan fingerprint density at radius 3 is 1.18 bits per heavy atom. The second kappa shape index (κ2) is 2.26. The van der Waals surface area contributed by atoms with Crippen LogP contribution in [0.4, 0.5) is 26.3 Å². The monoisotopic (exact) mass is 182 g/mol. The Kier molecular flexibility index (Phi) is 2.17. The van der Waals surface area contributed by atoms with E-state index in [9.17, 15) is 26.3 Å². The maximum atomic E-state index is 11.7. The van der Waals surface area contributed by atoms with Gasteiger partial charge >= 0.3 is 18.0 Å². The van der Waals surface area contributed by atoms with E-state index in [1.165, 1.54) is 0 Å². The average Bonchev–Trinajstić information content (AvgIpc) is 1.58. The van der Waals surface area contributed by atoms with Crippen molar-refractivity contribution in [1.82, 2.24) is 0 Å². The van der Waals surface area contributed by atoms with Crippen LogP contribution in [0.2, 0.25) is 0 Å². The van der Waals surface area contributed by atoms with Crippen LogP contribution in [0.25, 0.3) is 0 Å². The molecule has 0 aliphatic carbocycles. The highest BCUT2D eigenvalue weighted by Gasteiger charge is 2.69. The SMILES string of the molecule is CC(F)(F)C(F)(F)C(O)(F)F. The van der Waals surface area contributed by atoms with Gasteiger partial charge in [-0.15, -0.1) is 0 Å². The van der Waals surface area contributed by atoms with E-state index in [4.69, 9.17) is 5.11 Å². The van der Waals surface area contributed by atoms with Crippen molar-refractivity contribution in [3.05, 3.63) is 0 Å². The summed E-state index contributed by atoms with van der Waals surface area (Å²) in [4.78, 5) is 0. The number of alkyl halides is 6. The first-order chi connectivity index (χ1) is 4.50. The molecule has 11 heavy (non-hydrogen) atoms. The highest BCUT2D eigenvalue weighted by atomic mass is 19.3. The van der Waals surface area contributed by atoms with Gasteiger partial charge in [-0.1, -0.05) is 0 Å². The Labute approximate surface area is 57.6 Å². The molecule has 0 bridgehead atoms. The molecule has 0 spiro atoms. The molecule has 1 nitrogen and oxygen atoms in total. The van der Waals surface area contributed by atoms with Crippen LogP contribution in [0.5, 0.6) is 0 Å². The molecule has 0 amide bonds. The molecule has 0 saturated heterocycles. The van der Waals surface area contributed by atoms with Gasteiger partial charge in [-0.25, -0.2) is 0 Å². The van der Waals surface area contributed by atoms with Crippen LogP contribution in [0.15, 0.2) is 0 Å². The van der Waals surface area contributed by atoms with Gasteiger partial charge in [0.25, 0.3) is 0 Å². The zero-order valence-corrected chi connectivity index (χ0v) is 5.22. The first-order valence-corrected chi connectivity index (χ1v) is 2.36. The largest absolute Gasteiger partial charge is 0.423 e. The van der Waals surface area contributed by atoms with Crippen LogP contribution >= 0.6 is 0 Å². The highest BCUT2D eigenvalue weighted by molar-refractivity contribution is 4.86. The van der Waals surface area contributed by atoms with Crippen molar-refractivity contribution in [2.24, 2.45) is 0 Å². The Morgan fingerprint density at radius 1 is 0.909 bits per heavy atom.